The normalized spacial score (nSPS) is 12.6. The van der Waals surface area contributed by atoms with E-state index in [1.165, 1.54) is 11.3 Å². The first-order chi connectivity index (χ1) is 7.60. The number of ether oxygens (including phenoxy) is 1. The molecule has 0 spiro atoms. The van der Waals surface area contributed by atoms with E-state index in [0.29, 0.717) is 23.1 Å². The number of hydrogen-bond acceptors (Lipinski definition) is 4. The van der Waals surface area contributed by atoms with Gasteiger partial charge in [0.2, 0.25) is 0 Å². The summed E-state index contributed by atoms with van der Waals surface area (Å²) in [5.41, 5.74) is 5.60. The maximum absolute atomic E-state index is 11.9. The highest BCUT2D eigenvalue weighted by molar-refractivity contribution is 7.12. The van der Waals surface area contributed by atoms with Gasteiger partial charge in [-0.25, -0.2) is 0 Å². The van der Waals surface area contributed by atoms with Crippen LogP contribution < -0.4 is 15.8 Å². The lowest BCUT2D eigenvalue weighted by Gasteiger charge is -2.20. The molecule has 1 unspecified atom stereocenters. The Morgan fingerprint density at radius 2 is 2.31 bits per heavy atom. The first-order valence-electron chi connectivity index (χ1n) is 5.22. The second-order valence-corrected chi connectivity index (χ2v) is 4.79. The SMILES string of the molecule is COc1ccsc1C(=O)NC(CN)C(C)C. The molecule has 1 aromatic heterocycles. The number of rotatable bonds is 5. The van der Waals surface area contributed by atoms with E-state index >= 15 is 0 Å². The van der Waals surface area contributed by atoms with Gasteiger partial charge in [-0.2, -0.15) is 0 Å². The van der Waals surface area contributed by atoms with Gasteiger partial charge in [-0.3, -0.25) is 4.79 Å². The van der Waals surface area contributed by atoms with E-state index < -0.39 is 0 Å². The highest BCUT2D eigenvalue weighted by Crippen LogP contribution is 2.24. The number of amides is 1. The highest BCUT2D eigenvalue weighted by atomic mass is 32.1. The Morgan fingerprint density at radius 1 is 1.62 bits per heavy atom. The average Bonchev–Trinajstić information content (AvgIpc) is 2.72. The van der Waals surface area contributed by atoms with Crippen LogP contribution >= 0.6 is 11.3 Å². The van der Waals surface area contributed by atoms with E-state index in [0.717, 1.165) is 0 Å². The molecule has 1 atom stereocenters. The average molecular weight is 242 g/mol. The molecular formula is C11H18N2O2S. The molecule has 1 aromatic rings. The molecule has 4 nitrogen and oxygen atoms in total. The van der Waals surface area contributed by atoms with Crippen molar-refractivity contribution in [3.63, 3.8) is 0 Å². The molecule has 5 heteroatoms. The molecule has 0 aliphatic rings. The Balaban J connectivity index is 2.71. The van der Waals surface area contributed by atoms with Crippen molar-refractivity contribution in [1.29, 1.82) is 0 Å². The zero-order valence-electron chi connectivity index (χ0n) is 9.82. The third-order valence-electron chi connectivity index (χ3n) is 2.43. The van der Waals surface area contributed by atoms with Gasteiger partial charge in [-0.15, -0.1) is 11.3 Å². The Hall–Kier alpha value is -1.07. The van der Waals surface area contributed by atoms with Crippen molar-refractivity contribution in [2.75, 3.05) is 13.7 Å². The molecule has 1 heterocycles. The van der Waals surface area contributed by atoms with Crippen LogP contribution in [0.4, 0.5) is 0 Å². The maximum Gasteiger partial charge on any atom is 0.265 e. The monoisotopic (exact) mass is 242 g/mol. The number of carbonyl (C=O) groups is 1. The fraction of sp³-hybridized carbons (Fsp3) is 0.545. The van der Waals surface area contributed by atoms with E-state index in [1.54, 1.807) is 13.2 Å². The Labute approximate surface area is 99.8 Å². The van der Waals surface area contributed by atoms with Gasteiger partial charge < -0.3 is 15.8 Å². The molecule has 16 heavy (non-hydrogen) atoms. The van der Waals surface area contributed by atoms with Gasteiger partial charge in [-0.1, -0.05) is 13.8 Å². The summed E-state index contributed by atoms with van der Waals surface area (Å²) >= 11 is 1.37. The molecule has 0 aromatic carbocycles. The van der Waals surface area contributed by atoms with Crippen molar-refractivity contribution >= 4 is 17.2 Å². The third-order valence-corrected chi connectivity index (χ3v) is 3.32. The van der Waals surface area contributed by atoms with Crippen LogP contribution in [0.2, 0.25) is 0 Å². The Morgan fingerprint density at radius 3 is 2.81 bits per heavy atom. The zero-order valence-corrected chi connectivity index (χ0v) is 10.6. The van der Waals surface area contributed by atoms with Gasteiger partial charge in [0.25, 0.3) is 5.91 Å². The van der Waals surface area contributed by atoms with Gasteiger partial charge in [-0.05, 0) is 17.4 Å². The standard InChI is InChI=1S/C11H18N2O2S/c1-7(2)8(6-12)13-11(14)10-9(15-3)4-5-16-10/h4-5,7-8H,6,12H2,1-3H3,(H,13,14). The van der Waals surface area contributed by atoms with Crippen LogP contribution in [-0.4, -0.2) is 25.6 Å². The third kappa shape index (κ3) is 2.96. The van der Waals surface area contributed by atoms with Crippen molar-refractivity contribution in [3.05, 3.63) is 16.3 Å². The summed E-state index contributed by atoms with van der Waals surface area (Å²) in [6, 6.07) is 1.78. The molecule has 0 saturated carbocycles. The first-order valence-corrected chi connectivity index (χ1v) is 6.10. The number of nitrogens with two attached hydrogens (primary N) is 1. The Kier molecular flexibility index (Phi) is 4.76. The molecule has 90 valence electrons. The molecule has 1 amide bonds. The van der Waals surface area contributed by atoms with Crippen LogP contribution in [-0.2, 0) is 0 Å². The minimum Gasteiger partial charge on any atom is -0.495 e. The minimum absolute atomic E-state index is 0.000642. The largest absolute Gasteiger partial charge is 0.495 e. The second kappa shape index (κ2) is 5.86. The maximum atomic E-state index is 11.9. The molecule has 0 bridgehead atoms. The number of carbonyl (C=O) groups excluding carboxylic acids is 1. The summed E-state index contributed by atoms with van der Waals surface area (Å²) < 4.78 is 5.10. The summed E-state index contributed by atoms with van der Waals surface area (Å²) in [6.07, 6.45) is 0. The van der Waals surface area contributed by atoms with E-state index in [2.05, 4.69) is 5.32 Å². The van der Waals surface area contributed by atoms with Gasteiger partial charge in [0.05, 0.1) is 7.11 Å². The highest BCUT2D eigenvalue weighted by Gasteiger charge is 2.19. The number of nitrogens with one attached hydrogen (secondary N) is 1. The van der Waals surface area contributed by atoms with Crippen LogP contribution in [0.1, 0.15) is 23.5 Å². The topological polar surface area (TPSA) is 64.3 Å². The lowest BCUT2D eigenvalue weighted by Crippen LogP contribution is -2.43. The van der Waals surface area contributed by atoms with Crippen LogP contribution in [0, 0.1) is 5.92 Å². The summed E-state index contributed by atoms with van der Waals surface area (Å²) in [5, 5.41) is 4.74. The van der Waals surface area contributed by atoms with Crippen molar-refractivity contribution in [1.82, 2.24) is 5.32 Å². The van der Waals surface area contributed by atoms with E-state index in [9.17, 15) is 4.79 Å². The molecule has 3 N–H and O–H groups in total. The minimum atomic E-state index is -0.115. The Bertz CT molecular complexity index is 350. The molecule has 0 saturated heterocycles. The molecule has 0 aliphatic heterocycles. The van der Waals surface area contributed by atoms with Gasteiger partial charge in [0.15, 0.2) is 0 Å². The molecule has 1 rings (SSSR count). The smallest absolute Gasteiger partial charge is 0.265 e. The van der Waals surface area contributed by atoms with Crippen LogP contribution in [0.15, 0.2) is 11.4 Å². The van der Waals surface area contributed by atoms with Crippen LogP contribution in [0.25, 0.3) is 0 Å². The zero-order chi connectivity index (χ0) is 12.1. The second-order valence-electron chi connectivity index (χ2n) is 3.88. The number of thiophene rings is 1. The van der Waals surface area contributed by atoms with E-state index in [1.807, 2.05) is 19.2 Å². The quantitative estimate of drug-likeness (QED) is 0.822. The fourth-order valence-electron chi connectivity index (χ4n) is 1.36. The number of methoxy groups -OCH3 is 1. The molecular weight excluding hydrogens is 224 g/mol. The van der Waals surface area contributed by atoms with Crippen molar-refractivity contribution in [3.8, 4) is 5.75 Å². The number of hydrogen-bond donors (Lipinski definition) is 2. The molecule has 0 fully saturated rings. The van der Waals surface area contributed by atoms with Gasteiger partial charge >= 0.3 is 0 Å². The van der Waals surface area contributed by atoms with Crippen molar-refractivity contribution in [2.24, 2.45) is 11.7 Å². The lowest BCUT2D eigenvalue weighted by molar-refractivity contribution is 0.0929. The van der Waals surface area contributed by atoms with Crippen LogP contribution in [0.5, 0.6) is 5.75 Å². The summed E-state index contributed by atoms with van der Waals surface area (Å²) in [5.74, 6) is 0.818. The predicted molar refractivity (Wildman–Crippen MR) is 66.0 cm³/mol. The van der Waals surface area contributed by atoms with E-state index in [-0.39, 0.29) is 11.9 Å². The molecule has 0 radical (unpaired) electrons. The fourth-order valence-corrected chi connectivity index (χ4v) is 2.12. The molecule has 0 aliphatic carbocycles. The first kappa shape index (κ1) is 13.0. The predicted octanol–water partition coefficient (Wildman–Crippen LogP) is 1.47. The van der Waals surface area contributed by atoms with Gasteiger partial charge in [0.1, 0.15) is 10.6 Å². The van der Waals surface area contributed by atoms with Crippen molar-refractivity contribution in [2.45, 2.75) is 19.9 Å². The van der Waals surface area contributed by atoms with Crippen LogP contribution in [0.3, 0.4) is 0 Å². The van der Waals surface area contributed by atoms with E-state index in [4.69, 9.17) is 10.5 Å². The lowest BCUT2D eigenvalue weighted by atomic mass is 10.0. The van der Waals surface area contributed by atoms with Crippen molar-refractivity contribution < 1.29 is 9.53 Å². The summed E-state index contributed by atoms with van der Waals surface area (Å²) in [7, 11) is 1.56. The summed E-state index contributed by atoms with van der Waals surface area (Å²) in [4.78, 5) is 12.5. The van der Waals surface area contributed by atoms with Gasteiger partial charge in [0, 0.05) is 12.6 Å². The summed E-state index contributed by atoms with van der Waals surface area (Å²) in [6.45, 7) is 4.50.